The van der Waals surface area contributed by atoms with E-state index in [2.05, 4.69) is 0 Å². The number of benzene rings is 3. The van der Waals surface area contributed by atoms with Crippen LogP contribution in [0.5, 0.6) is 0 Å². The number of carbonyl (C=O) groups is 4. The lowest BCUT2D eigenvalue weighted by atomic mass is 10.1. The van der Waals surface area contributed by atoms with Crippen LogP contribution in [0.25, 0.3) is 0 Å². The van der Waals surface area contributed by atoms with Crippen LogP contribution in [0.2, 0.25) is 0 Å². The van der Waals surface area contributed by atoms with Gasteiger partial charge in [0, 0.05) is 0 Å². The number of rotatable bonds is 4. The van der Waals surface area contributed by atoms with Crippen molar-refractivity contribution in [3.8, 4) is 0 Å². The maximum absolute atomic E-state index is 12.7. The first kappa shape index (κ1) is 18.0. The third-order valence-electron chi connectivity index (χ3n) is 5.53. The van der Waals surface area contributed by atoms with Crippen LogP contribution >= 0.6 is 0 Å². The molecule has 3 aromatic rings. The molecule has 2 heterocycles. The minimum atomic E-state index is -0.342. The van der Waals surface area contributed by atoms with Gasteiger partial charge in [-0.15, -0.1) is 0 Å². The van der Waals surface area contributed by atoms with Crippen molar-refractivity contribution in [1.82, 2.24) is 9.80 Å². The second kappa shape index (κ2) is 6.77. The van der Waals surface area contributed by atoms with Gasteiger partial charge < -0.3 is 0 Å². The van der Waals surface area contributed by atoms with Gasteiger partial charge in [-0.2, -0.15) is 0 Å². The van der Waals surface area contributed by atoms with Gasteiger partial charge in [0.2, 0.25) is 0 Å². The van der Waals surface area contributed by atoms with Crippen LogP contribution in [0, 0.1) is 0 Å². The van der Waals surface area contributed by atoms with Gasteiger partial charge in [0.05, 0.1) is 35.3 Å². The minimum absolute atomic E-state index is 0.0751. The zero-order chi connectivity index (χ0) is 20.8. The molecule has 30 heavy (non-hydrogen) atoms. The van der Waals surface area contributed by atoms with Crippen molar-refractivity contribution in [1.29, 1.82) is 0 Å². The largest absolute Gasteiger partial charge is 0.270 e. The first-order valence-electron chi connectivity index (χ1n) is 9.53. The minimum Gasteiger partial charge on any atom is -0.270 e. The Bertz CT molecular complexity index is 1080. The first-order chi connectivity index (χ1) is 14.6. The number of fused-ring (bicyclic) bond motifs is 2. The Labute approximate surface area is 172 Å². The molecule has 0 N–H and O–H groups in total. The summed E-state index contributed by atoms with van der Waals surface area (Å²) in [5.74, 6) is -1.37. The van der Waals surface area contributed by atoms with E-state index in [-0.39, 0.29) is 36.7 Å². The zero-order valence-electron chi connectivity index (χ0n) is 15.9. The summed E-state index contributed by atoms with van der Waals surface area (Å²) in [6.07, 6.45) is 0. The molecule has 0 bridgehead atoms. The highest BCUT2D eigenvalue weighted by atomic mass is 16.2. The molecule has 6 nitrogen and oxygen atoms in total. The molecule has 0 fully saturated rings. The second-order valence-corrected chi connectivity index (χ2v) is 7.25. The van der Waals surface area contributed by atoms with Gasteiger partial charge >= 0.3 is 0 Å². The van der Waals surface area contributed by atoms with Crippen molar-refractivity contribution in [2.45, 2.75) is 13.1 Å². The maximum Gasteiger partial charge on any atom is 0.261 e. The molecule has 0 unspecified atom stereocenters. The third-order valence-corrected chi connectivity index (χ3v) is 5.53. The summed E-state index contributed by atoms with van der Waals surface area (Å²) in [6.45, 7) is 0.150. The molecule has 0 spiro atoms. The van der Waals surface area contributed by atoms with Crippen LogP contribution in [0.15, 0.2) is 72.8 Å². The first-order valence-corrected chi connectivity index (χ1v) is 9.53. The Hall–Kier alpha value is -4.06. The molecular weight excluding hydrogens is 380 g/mol. The molecule has 2 aliphatic rings. The van der Waals surface area contributed by atoms with E-state index < -0.39 is 0 Å². The Morgan fingerprint density at radius 3 is 1.00 bits per heavy atom. The van der Waals surface area contributed by atoms with E-state index >= 15 is 0 Å². The van der Waals surface area contributed by atoms with Crippen molar-refractivity contribution >= 4 is 23.6 Å². The molecule has 5 rings (SSSR count). The van der Waals surface area contributed by atoms with Gasteiger partial charge in [-0.25, -0.2) is 0 Å². The summed E-state index contributed by atoms with van der Waals surface area (Å²) < 4.78 is 0. The topological polar surface area (TPSA) is 74.8 Å². The van der Waals surface area contributed by atoms with E-state index in [0.717, 1.165) is 0 Å². The summed E-state index contributed by atoms with van der Waals surface area (Å²) >= 11 is 0. The summed E-state index contributed by atoms with van der Waals surface area (Å²) in [5.41, 5.74) is 2.98. The van der Waals surface area contributed by atoms with E-state index in [9.17, 15) is 19.2 Å². The number of hydrogen-bond acceptors (Lipinski definition) is 4. The molecule has 6 heteroatoms. The molecule has 4 amide bonds. The average molecular weight is 396 g/mol. The number of nitrogens with zero attached hydrogens (tertiary/aromatic N) is 2. The Morgan fingerprint density at radius 2 is 0.700 bits per heavy atom. The summed E-state index contributed by atoms with van der Waals surface area (Å²) in [7, 11) is 0. The standard InChI is InChI=1S/C24H16N2O4/c27-21-17-9-3-4-10-18(17)22(28)25(21)13-15-7-1-2-8-16(15)14-26-23(29)19-11-5-6-12-20(19)24(26)30/h1-12H,13-14H2. The number of amides is 4. The highest BCUT2D eigenvalue weighted by Gasteiger charge is 2.37. The maximum atomic E-state index is 12.7. The molecule has 0 atom stereocenters. The lowest BCUT2D eigenvalue weighted by Crippen LogP contribution is -2.32. The molecule has 2 aliphatic heterocycles. The quantitative estimate of drug-likeness (QED) is 0.635. The summed E-state index contributed by atoms with van der Waals surface area (Å²) in [6, 6.07) is 20.7. The van der Waals surface area contributed by atoms with E-state index in [1.165, 1.54) is 9.80 Å². The van der Waals surface area contributed by atoms with E-state index in [4.69, 9.17) is 0 Å². The summed E-state index contributed by atoms with van der Waals surface area (Å²) in [5, 5.41) is 0. The second-order valence-electron chi connectivity index (χ2n) is 7.25. The van der Waals surface area contributed by atoms with Crippen LogP contribution in [0.1, 0.15) is 52.6 Å². The Morgan fingerprint density at radius 1 is 0.433 bits per heavy atom. The average Bonchev–Trinajstić information content (AvgIpc) is 3.16. The molecule has 0 radical (unpaired) electrons. The van der Waals surface area contributed by atoms with Crippen LogP contribution in [0.3, 0.4) is 0 Å². The number of hydrogen-bond donors (Lipinski definition) is 0. The molecule has 3 aromatic carbocycles. The van der Waals surface area contributed by atoms with E-state index in [1.54, 1.807) is 72.8 Å². The molecule has 0 saturated carbocycles. The van der Waals surface area contributed by atoms with E-state index in [1.807, 2.05) is 0 Å². The van der Waals surface area contributed by atoms with Gasteiger partial charge in [-0.05, 0) is 35.4 Å². The molecule has 0 saturated heterocycles. The van der Waals surface area contributed by atoms with Crippen molar-refractivity contribution in [2.24, 2.45) is 0 Å². The van der Waals surface area contributed by atoms with Crippen LogP contribution < -0.4 is 0 Å². The monoisotopic (exact) mass is 396 g/mol. The lowest BCUT2D eigenvalue weighted by Gasteiger charge is -2.20. The predicted molar refractivity (Wildman–Crippen MR) is 108 cm³/mol. The predicted octanol–water partition coefficient (Wildman–Crippen LogP) is 3.28. The van der Waals surface area contributed by atoms with E-state index in [0.29, 0.717) is 33.4 Å². The van der Waals surface area contributed by atoms with Crippen LogP contribution in [-0.4, -0.2) is 33.4 Å². The lowest BCUT2D eigenvalue weighted by molar-refractivity contribution is 0.0616. The van der Waals surface area contributed by atoms with Crippen molar-refractivity contribution in [3.05, 3.63) is 106 Å². The number of carbonyl (C=O) groups excluding carboxylic acids is 4. The zero-order valence-corrected chi connectivity index (χ0v) is 15.9. The van der Waals surface area contributed by atoms with Gasteiger partial charge in [-0.1, -0.05) is 48.5 Å². The van der Waals surface area contributed by atoms with Crippen LogP contribution in [-0.2, 0) is 13.1 Å². The Kier molecular flexibility index (Phi) is 4.06. The SMILES string of the molecule is O=C1c2ccccc2C(=O)N1Cc1ccccc1CN1C(=O)c2ccccc2C1=O. The molecule has 146 valence electrons. The fourth-order valence-corrected chi connectivity index (χ4v) is 3.97. The van der Waals surface area contributed by atoms with Crippen molar-refractivity contribution < 1.29 is 19.2 Å². The van der Waals surface area contributed by atoms with Crippen molar-refractivity contribution in [2.75, 3.05) is 0 Å². The van der Waals surface area contributed by atoms with Crippen molar-refractivity contribution in [3.63, 3.8) is 0 Å². The van der Waals surface area contributed by atoms with Gasteiger partial charge in [0.1, 0.15) is 0 Å². The highest BCUT2D eigenvalue weighted by molar-refractivity contribution is 6.22. The fraction of sp³-hybridized carbons (Fsp3) is 0.0833. The summed E-state index contributed by atoms with van der Waals surface area (Å²) in [4.78, 5) is 53.2. The highest BCUT2D eigenvalue weighted by Crippen LogP contribution is 2.28. The fourth-order valence-electron chi connectivity index (χ4n) is 3.97. The number of imide groups is 2. The van der Waals surface area contributed by atoms with Gasteiger partial charge in [-0.3, -0.25) is 29.0 Å². The van der Waals surface area contributed by atoms with Crippen LogP contribution in [0.4, 0.5) is 0 Å². The molecular formula is C24H16N2O4. The molecule has 0 aromatic heterocycles. The molecule has 0 aliphatic carbocycles. The smallest absolute Gasteiger partial charge is 0.261 e. The Balaban J connectivity index is 1.43. The normalized spacial score (nSPS) is 15.1. The van der Waals surface area contributed by atoms with Gasteiger partial charge in [0.15, 0.2) is 0 Å². The van der Waals surface area contributed by atoms with Gasteiger partial charge in [0.25, 0.3) is 23.6 Å². The third kappa shape index (κ3) is 2.65.